The van der Waals surface area contributed by atoms with E-state index in [9.17, 15) is 14.9 Å². The molecule has 0 radical (unpaired) electrons. The Kier molecular flexibility index (Phi) is 6.72. The smallest absolute Gasteiger partial charge is 0.344 e. The van der Waals surface area contributed by atoms with E-state index in [0.717, 1.165) is 16.8 Å². The number of nitrogens with zero attached hydrogens (tertiary/aromatic N) is 2. The van der Waals surface area contributed by atoms with Crippen LogP contribution in [-0.2, 0) is 14.3 Å². The van der Waals surface area contributed by atoms with Crippen molar-refractivity contribution in [3.63, 3.8) is 0 Å². The number of rotatable bonds is 7. The summed E-state index contributed by atoms with van der Waals surface area (Å²) in [5.41, 5.74) is 2.32. The maximum absolute atomic E-state index is 12.1. The summed E-state index contributed by atoms with van der Waals surface area (Å²) in [6.07, 6.45) is 0. The number of carbonyl (C=O) groups is 2. The maximum atomic E-state index is 12.1. The van der Waals surface area contributed by atoms with E-state index in [1.165, 1.54) is 11.3 Å². The standard InChI is InChI=1S/C18H17ClN2O4S/c1-10-4-13(19)5-11(2)17(10)25-8-16(23)24-7-15(22)14(6-20)18-21-12(3)9-26-18/h4-5,9,14H,7-8H2,1-3H3/t14-/m0/s1. The maximum Gasteiger partial charge on any atom is 0.344 e. The number of ether oxygens (including phenoxy) is 2. The van der Waals surface area contributed by atoms with Gasteiger partial charge in [0.1, 0.15) is 10.8 Å². The summed E-state index contributed by atoms with van der Waals surface area (Å²) >= 11 is 7.18. The lowest BCUT2D eigenvalue weighted by molar-refractivity contribution is -0.150. The highest BCUT2D eigenvalue weighted by Gasteiger charge is 2.24. The topological polar surface area (TPSA) is 89.3 Å². The lowest BCUT2D eigenvalue weighted by Crippen LogP contribution is -2.23. The largest absolute Gasteiger partial charge is 0.481 e. The molecular formula is C18H17ClN2O4S. The molecule has 8 heteroatoms. The molecule has 0 aliphatic rings. The van der Waals surface area contributed by atoms with Gasteiger partial charge >= 0.3 is 5.97 Å². The minimum Gasteiger partial charge on any atom is -0.481 e. The van der Waals surface area contributed by atoms with Gasteiger partial charge in [-0.25, -0.2) is 9.78 Å². The van der Waals surface area contributed by atoms with Crippen molar-refractivity contribution in [3.8, 4) is 11.8 Å². The SMILES string of the molecule is Cc1csc([C@@H](C#N)C(=O)COC(=O)COc2c(C)cc(Cl)cc2C)n1. The highest BCUT2D eigenvalue weighted by Crippen LogP contribution is 2.27. The first kappa shape index (κ1) is 19.9. The minimum atomic E-state index is -1.04. The number of hydrogen-bond acceptors (Lipinski definition) is 7. The molecule has 26 heavy (non-hydrogen) atoms. The van der Waals surface area contributed by atoms with Gasteiger partial charge in [-0.2, -0.15) is 5.26 Å². The summed E-state index contributed by atoms with van der Waals surface area (Å²) in [5.74, 6) is -1.71. The van der Waals surface area contributed by atoms with E-state index >= 15 is 0 Å². The Morgan fingerprint density at radius 2 is 1.92 bits per heavy atom. The molecule has 0 bridgehead atoms. The lowest BCUT2D eigenvalue weighted by atomic mass is 10.1. The highest BCUT2D eigenvalue weighted by molar-refractivity contribution is 7.09. The monoisotopic (exact) mass is 392 g/mol. The highest BCUT2D eigenvalue weighted by atomic mass is 35.5. The van der Waals surface area contributed by atoms with E-state index in [1.807, 2.05) is 19.9 Å². The molecule has 0 aliphatic heterocycles. The summed E-state index contributed by atoms with van der Waals surface area (Å²) < 4.78 is 10.4. The molecule has 0 saturated carbocycles. The molecular weight excluding hydrogens is 376 g/mol. The summed E-state index contributed by atoms with van der Waals surface area (Å²) in [7, 11) is 0. The molecule has 0 fully saturated rings. The van der Waals surface area contributed by atoms with Crippen molar-refractivity contribution >= 4 is 34.7 Å². The Morgan fingerprint density at radius 1 is 1.27 bits per heavy atom. The molecule has 0 N–H and O–H groups in total. The fourth-order valence-electron chi connectivity index (χ4n) is 2.30. The van der Waals surface area contributed by atoms with Crippen LogP contribution in [0.5, 0.6) is 5.75 Å². The van der Waals surface area contributed by atoms with Gasteiger partial charge in [0.25, 0.3) is 0 Å². The second-order valence-electron chi connectivity index (χ2n) is 5.67. The third-order valence-electron chi connectivity index (χ3n) is 3.47. The summed E-state index contributed by atoms with van der Waals surface area (Å²) in [6.45, 7) is 4.56. The van der Waals surface area contributed by atoms with Crippen LogP contribution in [0.3, 0.4) is 0 Å². The zero-order valence-corrected chi connectivity index (χ0v) is 16.1. The number of aromatic nitrogens is 1. The first-order valence-electron chi connectivity index (χ1n) is 7.71. The predicted molar refractivity (Wildman–Crippen MR) is 97.6 cm³/mol. The van der Waals surface area contributed by atoms with Crippen LogP contribution in [0, 0.1) is 32.1 Å². The van der Waals surface area contributed by atoms with Crippen LogP contribution in [-0.4, -0.2) is 30.0 Å². The van der Waals surface area contributed by atoms with Crippen molar-refractivity contribution in [3.05, 3.63) is 44.4 Å². The second-order valence-corrected chi connectivity index (χ2v) is 7.00. The van der Waals surface area contributed by atoms with Gasteiger partial charge in [0.15, 0.2) is 24.9 Å². The summed E-state index contributed by atoms with van der Waals surface area (Å²) in [6, 6.07) is 5.35. The van der Waals surface area contributed by atoms with Crippen LogP contribution in [0.25, 0.3) is 0 Å². The quantitative estimate of drug-likeness (QED) is 0.669. The van der Waals surface area contributed by atoms with Gasteiger partial charge in [-0.05, 0) is 44.0 Å². The van der Waals surface area contributed by atoms with Crippen molar-refractivity contribution in [1.82, 2.24) is 4.98 Å². The van der Waals surface area contributed by atoms with E-state index in [4.69, 9.17) is 21.1 Å². The van der Waals surface area contributed by atoms with Crippen LogP contribution < -0.4 is 4.74 Å². The number of carbonyl (C=O) groups excluding carboxylic acids is 2. The van der Waals surface area contributed by atoms with Crippen LogP contribution >= 0.6 is 22.9 Å². The Balaban J connectivity index is 1.89. The third-order valence-corrected chi connectivity index (χ3v) is 4.72. The minimum absolute atomic E-state index is 0.343. The second kappa shape index (κ2) is 8.79. The normalized spacial score (nSPS) is 11.5. The van der Waals surface area contributed by atoms with Crippen LogP contribution in [0.15, 0.2) is 17.5 Å². The van der Waals surface area contributed by atoms with E-state index in [0.29, 0.717) is 15.8 Å². The first-order valence-corrected chi connectivity index (χ1v) is 8.97. The van der Waals surface area contributed by atoms with E-state index in [2.05, 4.69) is 4.98 Å². The average Bonchev–Trinajstić information content (AvgIpc) is 2.98. The fourth-order valence-corrected chi connectivity index (χ4v) is 3.49. The molecule has 1 heterocycles. The number of hydrogen-bond donors (Lipinski definition) is 0. The van der Waals surface area contributed by atoms with Gasteiger partial charge in [0, 0.05) is 16.1 Å². The van der Waals surface area contributed by atoms with Gasteiger partial charge in [-0.3, -0.25) is 4.79 Å². The van der Waals surface area contributed by atoms with Crippen LogP contribution in [0.1, 0.15) is 27.7 Å². The van der Waals surface area contributed by atoms with Crippen molar-refractivity contribution in [2.24, 2.45) is 0 Å². The molecule has 2 aromatic rings. The van der Waals surface area contributed by atoms with E-state index < -0.39 is 24.3 Å². The van der Waals surface area contributed by atoms with Gasteiger partial charge in [0.05, 0.1) is 6.07 Å². The molecule has 0 aliphatic carbocycles. The number of ketones is 1. The number of esters is 1. The molecule has 0 saturated heterocycles. The zero-order valence-electron chi connectivity index (χ0n) is 14.5. The Labute approximate surface area is 160 Å². The number of thiazole rings is 1. The molecule has 0 spiro atoms. The molecule has 0 unspecified atom stereocenters. The van der Waals surface area contributed by atoms with Crippen LogP contribution in [0.4, 0.5) is 0 Å². The van der Waals surface area contributed by atoms with E-state index in [1.54, 1.807) is 24.4 Å². The van der Waals surface area contributed by atoms with Gasteiger partial charge in [-0.15, -0.1) is 11.3 Å². The lowest BCUT2D eigenvalue weighted by Gasteiger charge is -2.12. The Hall–Kier alpha value is -2.43. The molecule has 0 amide bonds. The number of benzene rings is 1. The molecule has 136 valence electrons. The Morgan fingerprint density at radius 3 is 2.46 bits per heavy atom. The van der Waals surface area contributed by atoms with Gasteiger partial charge in [0.2, 0.25) is 0 Å². The van der Waals surface area contributed by atoms with Gasteiger partial charge in [-0.1, -0.05) is 11.6 Å². The van der Waals surface area contributed by atoms with E-state index in [-0.39, 0.29) is 6.61 Å². The molecule has 2 rings (SSSR count). The number of nitriles is 1. The molecule has 1 aromatic carbocycles. The van der Waals surface area contributed by atoms with Crippen molar-refractivity contribution in [2.45, 2.75) is 26.7 Å². The fraction of sp³-hybridized carbons (Fsp3) is 0.333. The molecule has 1 atom stereocenters. The van der Waals surface area contributed by atoms with Crippen molar-refractivity contribution in [2.75, 3.05) is 13.2 Å². The summed E-state index contributed by atoms with van der Waals surface area (Å²) in [4.78, 5) is 28.1. The van der Waals surface area contributed by atoms with Crippen molar-refractivity contribution < 1.29 is 19.1 Å². The number of aryl methyl sites for hydroxylation is 3. The third kappa shape index (κ3) is 5.04. The predicted octanol–water partition coefficient (Wildman–Crippen LogP) is 3.52. The van der Waals surface area contributed by atoms with Crippen molar-refractivity contribution in [1.29, 1.82) is 5.26 Å². The molecule has 6 nitrogen and oxygen atoms in total. The zero-order chi connectivity index (χ0) is 19.3. The Bertz CT molecular complexity index is 849. The first-order chi connectivity index (χ1) is 12.3. The number of Topliss-reactive ketones (excluding diaryl/α,β-unsaturated/α-hetero) is 1. The average molecular weight is 393 g/mol. The molecule has 1 aromatic heterocycles. The van der Waals surface area contributed by atoms with Crippen LogP contribution in [0.2, 0.25) is 5.02 Å². The number of halogens is 1. The van der Waals surface area contributed by atoms with Gasteiger partial charge < -0.3 is 9.47 Å². The summed E-state index contributed by atoms with van der Waals surface area (Å²) in [5, 5.41) is 11.9.